The van der Waals surface area contributed by atoms with Crippen LogP contribution in [0.15, 0.2) is 12.4 Å². The fraction of sp³-hybridized carbons (Fsp3) is 0.364. The highest BCUT2D eigenvalue weighted by molar-refractivity contribution is 5.85. The molecule has 0 aliphatic heterocycles. The summed E-state index contributed by atoms with van der Waals surface area (Å²) in [6.45, 7) is 2.19. The van der Waals surface area contributed by atoms with Crippen LogP contribution in [0.5, 0.6) is 0 Å². The van der Waals surface area contributed by atoms with Crippen molar-refractivity contribution < 1.29 is 9.53 Å². The maximum atomic E-state index is 11.4. The summed E-state index contributed by atoms with van der Waals surface area (Å²) >= 11 is 0. The molecular weight excluding hydrogens is 248 g/mol. The highest BCUT2D eigenvalue weighted by atomic mass is 16.5. The van der Waals surface area contributed by atoms with Gasteiger partial charge in [-0.1, -0.05) is 0 Å². The van der Waals surface area contributed by atoms with Gasteiger partial charge in [0.25, 0.3) is 0 Å². The van der Waals surface area contributed by atoms with Crippen LogP contribution in [0.3, 0.4) is 0 Å². The summed E-state index contributed by atoms with van der Waals surface area (Å²) in [5, 5.41) is 7.17. The summed E-state index contributed by atoms with van der Waals surface area (Å²) in [7, 11) is 3.08. The van der Waals surface area contributed by atoms with Gasteiger partial charge in [0, 0.05) is 18.8 Å². The van der Waals surface area contributed by atoms with E-state index in [4.69, 9.17) is 0 Å². The molecule has 2 aromatic heterocycles. The molecule has 1 N–H and O–H groups in total. The van der Waals surface area contributed by atoms with E-state index >= 15 is 0 Å². The van der Waals surface area contributed by atoms with Crippen molar-refractivity contribution in [1.29, 1.82) is 0 Å². The normalized spacial score (nSPS) is 10.3. The SMILES string of the molecule is COC(=O)c1nc(C)cc(NCc2ncn(C)n2)n1. The van der Waals surface area contributed by atoms with Gasteiger partial charge in [-0.05, 0) is 6.92 Å². The lowest BCUT2D eigenvalue weighted by Crippen LogP contribution is -2.11. The van der Waals surface area contributed by atoms with E-state index in [2.05, 4.69) is 30.1 Å². The van der Waals surface area contributed by atoms with Crippen molar-refractivity contribution >= 4 is 11.8 Å². The molecule has 0 spiro atoms. The fourth-order valence-corrected chi connectivity index (χ4v) is 1.48. The molecule has 2 heterocycles. The number of aryl methyl sites for hydroxylation is 2. The number of rotatable bonds is 4. The third kappa shape index (κ3) is 3.24. The summed E-state index contributed by atoms with van der Waals surface area (Å²) in [6.07, 6.45) is 1.61. The van der Waals surface area contributed by atoms with Crippen LogP contribution >= 0.6 is 0 Å². The van der Waals surface area contributed by atoms with E-state index in [0.717, 1.165) is 0 Å². The van der Waals surface area contributed by atoms with Gasteiger partial charge < -0.3 is 10.1 Å². The van der Waals surface area contributed by atoms with Crippen molar-refractivity contribution in [2.24, 2.45) is 7.05 Å². The van der Waals surface area contributed by atoms with E-state index < -0.39 is 5.97 Å². The zero-order valence-electron chi connectivity index (χ0n) is 10.9. The first-order chi connectivity index (χ1) is 9.08. The van der Waals surface area contributed by atoms with Crippen LogP contribution in [-0.2, 0) is 18.3 Å². The van der Waals surface area contributed by atoms with Gasteiger partial charge in [0.15, 0.2) is 5.82 Å². The molecule has 8 nitrogen and oxygen atoms in total. The number of anilines is 1. The van der Waals surface area contributed by atoms with Crippen LogP contribution in [0.25, 0.3) is 0 Å². The topological polar surface area (TPSA) is 94.8 Å². The zero-order chi connectivity index (χ0) is 13.8. The highest BCUT2D eigenvalue weighted by Crippen LogP contribution is 2.08. The maximum Gasteiger partial charge on any atom is 0.376 e. The van der Waals surface area contributed by atoms with Gasteiger partial charge >= 0.3 is 5.97 Å². The van der Waals surface area contributed by atoms with Gasteiger partial charge in [-0.3, -0.25) is 4.68 Å². The second-order valence-corrected chi connectivity index (χ2v) is 3.90. The number of hydrogen-bond donors (Lipinski definition) is 1. The molecule has 19 heavy (non-hydrogen) atoms. The number of aromatic nitrogens is 5. The van der Waals surface area contributed by atoms with Gasteiger partial charge in [0.1, 0.15) is 12.1 Å². The summed E-state index contributed by atoms with van der Waals surface area (Å²) in [5.74, 6) is 0.625. The molecule has 2 rings (SSSR count). The van der Waals surface area contributed by atoms with Crippen LogP contribution in [0.4, 0.5) is 5.82 Å². The first-order valence-electron chi connectivity index (χ1n) is 5.61. The molecule has 0 aliphatic rings. The number of methoxy groups -OCH3 is 1. The number of nitrogens with zero attached hydrogens (tertiary/aromatic N) is 5. The average Bonchev–Trinajstić information content (AvgIpc) is 2.80. The Bertz CT molecular complexity index is 595. The molecular formula is C11H14N6O2. The third-order valence-electron chi connectivity index (χ3n) is 2.30. The molecule has 0 saturated heterocycles. The minimum absolute atomic E-state index is 0.0268. The maximum absolute atomic E-state index is 11.4. The summed E-state index contributed by atoms with van der Waals surface area (Å²) < 4.78 is 6.21. The van der Waals surface area contributed by atoms with E-state index in [0.29, 0.717) is 23.9 Å². The number of carbonyl (C=O) groups is 1. The standard InChI is InChI=1S/C11H14N6O2/c1-7-4-8(15-10(14-7)11(18)19-3)12-5-9-13-6-17(2)16-9/h4,6H,5H2,1-3H3,(H,12,14,15). The second kappa shape index (κ2) is 5.42. The Morgan fingerprint density at radius 3 is 2.89 bits per heavy atom. The molecule has 0 unspecified atom stereocenters. The molecule has 0 saturated carbocycles. The second-order valence-electron chi connectivity index (χ2n) is 3.90. The Kier molecular flexibility index (Phi) is 3.69. The van der Waals surface area contributed by atoms with Crippen molar-refractivity contribution in [3.8, 4) is 0 Å². The van der Waals surface area contributed by atoms with E-state index in [9.17, 15) is 4.79 Å². The predicted octanol–water partition coefficient (Wildman–Crippen LogP) is 0.312. The first kappa shape index (κ1) is 12.9. The largest absolute Gasteiger partial charge is 0.463 e. The number of carbonyl (C=O) groups excluding carboxylic acids is 1. The first-order valence-corrected chi connectivity index (χ1v) is 5.61. The predicted molar refractivity (Wildman–Crippen MR) is 66.4 cm³/mol. The quantitative estimate of drug-likeness (QED) is 0.792. The average molecular weight is 262 g/mol. The van der Waals surface area contributed by atoms with Crippen LogP contribution < -0.4 is 5.32 Å². The van der Waals surface area contributed by atoms with Crippen LogP contribution in [0.2, 0.25) is 0 Å². The van der Waals surface area contributed by atoms with Gasteiger partial charge in [-0.15, -0.1) is 0 Å². The van der Waals surface area contributed by atoms with Gasteiger partial charge in [-0.2, -0.15) is 5.10 Å². The Hall–Kier alpha value is -2.51. The van der Waals surface area contributed by atoms with E-state index in [1.165, 1.54) is 7.11 Å². The lowest BCUT2D eigenvalue weighted by Gasteiger charge is -2.05. The number of hydrogen-bond acceptors (Lipinski definition) is 7. The minimum Gasteiger partial charge on any atom is -0.463 e. The molecule has 0 aromatic carbocycles. The van der Waals surface area contributed by atoms with Gasteiger partial charge in [0.05, 0.1) is 13.7 Å². The molecule has 100 valence electrons. The smallest absolute Gasteiger partial charge is 0.376 e. The Morgan fingerprint density at radius 2 is 2.26 bits per heavy atom. The molecule has 0 radical (unpaired) electrons. The Labute approximate surface area is 109 Å². The molecule has 0 bridgehead atoms. The minimum atomic E-state index is -0.567. The van der Waals surface area contributed by atoms with Gasteiger partial charge in [0.2, 0.25) is 5.82 Å². The van der Waals surface area contributed by atoms with Crippen molar-refractivity contribution in [1.82, 2.24) is 24.7 Å². The number of ether oxygens (including phenoxy) is 1. The van der Waals surface area contributed by atoms with Crippen molar-refractivity contribution in [3.05, 3.63) is 29.7 Å². The lowest BCUT2D eigenvalue weighted by atomic mass is 10.4. The van der Waals surface area contributed by atoms with Gasteiger partial charge in [-0.25, -0.2) is 19.7 Å². The molecule has 2 aromatic rings. The zero-order valence-corrected chi connectivity index (χ0v) is 10.9. The number of nitrogens with one attached hydrogen (secondary N) is 1. The number of esters is 1. The van der Waals surface area contributed by atoms with E-state index in [-0.39, 0.29) is 5.82 Å². The summed E-state index contributed by atoms with van der Waals surface area (Å²) in [4.78, 5) is 23.5. The summed E-state index contributed by atoms with van der Waals surface area (Å²) in [5.41, 5.74) is 0.673. The van der Waals surface area contributed by atoms with Crippen LogP contribution in [0, 0.1) is 6.92 Å². The Morgan fingerprint density at radius 1 is 1.47 bits per heavy atom. The molecule has 0 fully saturated rings. The van der Waals surface area contributed by atoms with Crippen molar-refractivity contribution in [3.63, 3.8) is 0 Å². The van der Waals surface area contributed by atoms with E-state index in [1.807, 2.05) is 0 Å². The monoisotopic (exact) mass is 262 g/mol. The molecule has 0 amide bonds. The summed E-state index contributed by atoms with van der Waals surface area (Å²) in [6, 6.07) is 1.73. The molecule has 0 atom stereocenters. The van der Waals surface area contributed by atoms with Crippen LogP contribution in [-0.4, -0.2) is 37.8 Å². The van der Waals surface area contributed by atoms with Crippen LogP contribution in [0.1, 0.15) is 22.1 Å². The van der Waals surface area contributed by atoms with Crippen molar-refractivity contribution in [2.75, 3.05) is 12.4 Å². The van der Waals surface area contributed by atoms with E-state index in [1.54, 1.807) is 31.0 Å². The van der Waals surface area contributed by atoms with Crippen molar-refractivity contribution in [2.45, 2.75) is 13.5 Å². The fourth-order valence-electron chi connectivity index (χ4n) is 1.48. The highest BCUT2D eigenvalue weighted by Gasteiger charge is 2.11. The molecule has 0 aliphatic carbocycles. The molecule has 8 heteroatoms. The third-order valence-corrected chi connectivity index (χ3v) is 2.30. The lowest BCUT2D eigenvalue weighted by molar-refractivity contribution is 0.0586. The Balaban J connectivity index is 2.11.